The Morgan fingerprint density at radius 1 is 1.22 bits per heavy atom. The van der Waals surface area contributed by atoms with Crippen molar-refractivity contribution < 1.29 is 5.11 Å². The monoisotopic (exact) mass is 247 g/mol. The van der Waals surface area contributed by atoms with E-state index >= 15 is 0 Å². The van der Waals surface area contributed by atoms with Crippen LogP contribution in [0.2, 0.25) is 0 Å². The van der Waals surface area contributed by atoms with E-state index in [-0.39, 0.29) is 6.10 Å². The Bertz CT molecular complexity index is 364. The van der Waals surface area contributed by atoms with Gasteiger partial charge in [-0.25, -0.2) is 0 Å². The van der Waals surface area contributed by atoms with Crippen molar-refractivity contribution in [2.24, 2.45) is 0 Å². The van der Waals surface area contributed by atoms with Gasteiger partial charge in [-0.3, -0.25) is 0 Å². The lowest BCUT2D eigenvalue weighted by Gasteiger charge is -2.25. The van der Waals surface area contributed by atoms with Crippen molar-refractivity contribution in [3.8, 4) is 0 Å². The molecule has 1 aromatic rings. The molecule has 0 saturated heterocycles. The van der Waals surface area contributed by atoms with Crippen LogP contribution < -0.4 is 4.90 Å². The van der Waals surface area contributed by atoms with Gasteiger partial charge in [-0.05, 0) is 25.3 Å². The molecule has 1 N–H and O–H groups in total. The molecule has 1 atom stereocenters. The zero-order valence-electron chi connectivity index (χ0n) is 11.4. The summed E-state index contributed by atoms with van der Waals surface area (Å²) >= 11 is 0. The summed E-state index contributed by atoms with van der Waals surface area (Å²) in [4.78, 5) is 2.46. The first-order chi connectivity index (χ1) is 8.83. The minimum absolute atomic E-state index is 0.276. The van der Waals surface area contributed by atoms with Crippen molar-refractivity contribution in [3.05, 3.63) is 29.8 Å². The van der Waals surface area contributed by atoms with Crippen molar-refractivity contribution in [3.63, 3.8) is 0 Å². The quantitative estimate of drug-likeness (QED) is 0.798. The first kappa shape index (κ1) is 13.4. The fourth-order valence-electron chi connectivity index (χ4n) is 2.77. The molecule has 0 fully saturated rings. The predicted molar refractivity (Wildman–Crippen MR) is 77.0 cm³/mol. The second kappa shape index (κ2) is 6.79. The van der Waals surface area contributed by atoms with E-state index in [2.05, 4.69) is 30.0 Å². The zero-order valence-corrected chi connectivity index (χ0v) is 11.4. The maximum Gasteiger partial charge on any atom is 0.0810 e. The molecule has 0 amide bonds. The van der Waals surface area contributed by atoms with E-state index in [1.165, 1.54) is 31.4 Å². The Morgan fingerprint density at radius 3 is 2.89 bits per heavy atom. The average Bonchev–Trinajstić information content (AvgIpc) is 2.56. The molecule has 0 spiro atoms. The highest BCUT2D eigenvalue weighted by Gasteiger charge is 2.20. The molecule has 100 valence electrons. The minimum Gasteiger partial charge on any atom is -0.388 e. The minimum atomic E-state index is -0.276. The highest BCUT2D eigenvalue weighted by molar-refractivity contribution is 5.55. The number of aliphatic hydroxyl groups excluding tert-OH is 1. The van der Waals surface area contributed by atoms with Gasteiger partial charge in [0.25, 0.3) is 0 Å². The molecule has 2 heteroatoms. The number of hydrogen-bond acceptors (Lipinski definition) is 2. The van der Waals surface area contributed by atoms with Crippen LogP contribution in [0, 0.1) is 0 Å². The molecule has 0 aliphatic carbocycles. The number of unbranched alkanes of at least 4 members (excludes halogenated alkanes) is 3. The van der Waals surface area contributed by atoms with Crippen LogP contribution in [0.4, 0.5) is 5.69 Å². The molecule has 2 nitrogen and oxygen atoms in total. The fraction of sp³-hybridized carbons (Fsp3) is 0.625. The molecular weight excluding hydrogens is 222 g/mol. The Kier molecular flexibility index (Phi) is 5.06. The van der Waals surface area contributed by atoms with Gasteiger partial charge in [0.2, 0.25) is 0 Å². The van der Waals surface area contributed by atoms with Gasteiger partial charge in [0, 0.05) is 24.3 Å². The van der Waals surface area contributed by atoms with E-state index in [1.54, 1.807) is 0 Å². The van der Waals surface area contributed by atoms with Crippen molar-refractivity contribution in [2.75, 3.05) is 18.0 Å². The Hall–Kier alpha value is -1.02. The number of anilines is 1. The average molecular weight is 247 g/mol. The van der Waals surface area contributed by atoms with E-state index in [0.717, 1.165) is 31.5 Å². The normalized spacial score (nSPS) is 19.4. The first-order valence-electron chi connectivity index (χ1n) is 7.35. The van der Waals surface area contributed by atoms with Gasteiger partial charge in [-0.15, -0.1) is 0 Å². The summed E-state index contributed by atoms with van der Waals surface area (Å²) in [5.74, 6) is 0. The summed E-state index contributed by atoms with van der Waals surface area (Å²) in [5, 5.41) is 10.1. The lowest BCUT2D eigenvalue weighted by molar-refractivity contribution is 0.168. The fourth-order valence-corrected chi connectivity index (χ4v) is 2.77. The molecule has 2 rings (SSSR count). The highest BCUT2D eigenvalue weighted by Crippen LogP contribution is 2.32. The maximum atomic E-state index is 10.1. The Balaban J connectivity index is 2.04. The smallest absolute Gasteiger partial charge is 0.0810 e. The summed E-state index contributed by atoms with van der Waals surface area (Å²) in [6.07, 6.45) is 6.90. The van der Waals surface area contributed by atoms with Crippen molar-refractivity contribution in [2.45, 2.75) is 51.6 Å². The van der Waals surface area contributed by atoms with Crippen molar-refractivity contribution in [1.29, 1.82) is 0 Å². The molecular formula is C16H25NO. The summed E-state index contributed by atoms with van der Waals surface area (Å²) in [6.45, 7) is 4.46. The summed E-state index contributed by atoms with van der Waals surface area (Å²) in [6, 6.07) is 8.34. The number of benzene rings is 1. The van der Waals surface area contributed by atoms with E-state index in [9.17, 15) is 5.11 Å². The summed E-state index contributed by atoms with van der Waals surface area (Å²) < 4.78 is 0. The zero-order chi connectivity index (χ0) is 12.8. The highest BCUT2D eigenvalue weighted by atomic mass is 16.3. The molecule has 1 aliphatic rings. The molecule has 0 radical (unpaired) electrons. The van der Waals surface area contributed by atoms with Crippen LogP contribution >= 0.6 is 0 Å². The molecule has 0 bridgehead atoms. The van der Waals surface area contributed by atoms with Crippen LogP contribution in [-0.2, 0) is 0 Å². The van der Waals surface area contributed by atoms with Gasteiger partial charge < -0.3 is 10.0 Å². The Labute approximate surface area is 111 Å². The number of fused-ring (bicyclic) bond motifs is 1. The lowest BCUT2D eigenvalue weighted by Crippen LogP contribution is -2.25. The van der Waals surface area contributed by atoms with Crippen LogP contribution in [0.5, 0.6) is 0 Å². The molecule has 1 aromatic carbocycles. The summed E-state index contributed by atoms with van der Waals surface area (Å²) in [7, 11) is 0. The van der Waals surface area contributed by atoms with E-state index in [1.807, 2.05) is 6.07 Å². The van der Waals surface area contributed by atoms with E-state index in [4.69, 9.17) is 0 Å². The molecule has 1 unspecified atom stereocenters. The first-order valence-corrected chi connectivity index (χ1v) is 7.35. The second-order valence-electron chi connectivity index (χ2n) is 5.26. The summed E-state index contributed by atoms with van der Waals surface area (Å²) in [5.41, 5.74) is 2.37. The van der Waals surface area contributed by atoms with Crippen LogP contribution in [0.15, 0.2) is 24.3 Å². The number of para-hydroxylation sites is 1. The lowest BCUT2D eigenvalue weighted by atomic mass is 10.0. The standard InChI is InChI=1S/C16H25NO/c1-2-3-4-7-12-17-13-8-11-16(18)14-9-5-6-10-15(14)17/h5-6,9-10,16,18H,2-4,7-8,11-13H2,1H3. The third-order valence-corrected chi connectivity index (χ3v) is 3.82. The van der Waals surface area contributed by atoms with Crippen molar-refractivity contribution in [1.82, 2.24) is 0 Å². The molecule has 0 saturated carbocycles. The van der Waals surface area contributed by atoms with Gasteiger partial charge >= 0.3 is 0 Å². The topological polar surface area (TPSA) is 23.5 Å². The van der Waals surface area contributed by atoms with Gasteiger partial charge in [0.1, 0.15) is 0 Å². The van der Waals surface area contributed by atoms with Crippen molar-refractivity contribution >= 4 is 5.69 Å². The van der Waals surface area contributed by atoms with Gasteiger partial charge in [0.15, 0.2) is 0 Å². The number of hydrogen-bond donors (Lipinski definition) is 1. The van der Waals surface area contributed by atoms with Gasteiger partial charge in [-0.1, -0.05) is 44.4 Å². The van der Waals surface area contributed by atoms with E-state index in [0.29, 0.717) is 0 Å². The number of aliphatic hydroxyl groups is 1. The van der Waals surface area contributed by atoms with Crippen LogP contribution in [-0.4, -0.2) is 18.2 Å². The SMILES string of the molecule is CCCCCCN1CCCC(O)c2ccccc21. The Morgan fingerprint density at radius 2 is 2.06 bits per heavy atom. The molecule has 1 aliphatic heterocycles. The molecule has 18 heavy (non-hydrogen) atoms. The van der Waals surface area contributed by atoms with Gasteiger partial charge in [-0.2, -0.15) is 0 Å². The van der Waals surface area contributed by atoms with Crippen LogP contribution in [0.25, 0.3) is 0 Å². The second-order valence-corrected chi connectivity index (χ2v) is 5.26. The molecule has 1 heterocycles. The third kappa shape index (κ3) is 3.26. The van der Waals surface area contributed by atoms with Gasteiger partial charge in [0.05, 0.1) is 6.10 Å². The predicted octanol–water partition coefficient (Wildman–Crippen LogP) is 3.90. The molecule has 0 aromatic heterocycles. The largest absolute Gasteiger partial charge is 0.388 e. The van der Waals surface area contributed by atoms with Crippen LogP contribution in [0.3, 0.4) is 0 Å². The van der Waals surface area contributed by atoms with E-state index < -0.39 is 0 Å². The maximum absolute atomic E-state index is 10.1. The van der Waals surface area contributed by atoms with Crippen LogP contribution in [0.1, 0.15) is 57.1 Å². The number of nitrogens with zero attached hydrogens (tertiary/aromatic N) is 1. The number of rotatable bonds is 5. The third-order valence-electron chi connectivity index (χ3n) is 3.82.